The van der Waals surface area contributed by atoms with Gasteiger partial charge >= 0.3 is 0 Å². The Morgan fingerprint density at radius 3 is 2.93 bits per heavy atom. The molecule has 0 saturated carbocycles. The first-order chi connectivity index (χ1) is 7.26. The normalized spacial score (nSPS) is 24.6. The van der Waals surface area contributed by atoms with E-state index in [-0.39, 0.29) is 0 Å². The van der Waals surface area contributed by atoms with Crippen molar-refractivity contribution in [3.05, 3.63) is 0 Å². The van der Waals surface area contributed by atoms with Crippen LogP contribution < -0.4 is 5.73 Å². The summed E-state index contributed by atoms with van der Waals surface area (Å²) in [5, 5.41) is 0. The van der Waals surface area contributed by atoms with E-state index in [0.717, 1.165) is 12.5 Å². The highest BCUT2D eigenvalue weighted by atomic mass is 15.1. The fraction of sp³-hybridized carbons (Fsp3) is 1.00. The minimum atomic E-state index is 0.707. The Kier molecular flexibility index (Phi) is 6.26. The van der Waals surface area contributed by atoms with Crippen molar-refractivity contribution in [3.63, 3.8) is 0 Å². The molecular formula is C13H28N2. The van der Waals surface area contributed by atoms with Crippen molar-refractivity contribution in [1.82, 2.24) is 4.90 Å². The lowest BCUT2D eigenvalue weighted by molar-refractivity contribution is 0.304. The Morgan fingerprint density at radius 1 is 1.47 bits per heavy atom. The van der Waals surface area contributed by atoms with Gasteiger partial charge < -0.3 is 10.6 Å². The number of hydrogen-bond donors (Lipinski definition) is 1. The SMILES string of the molecule is CCCC1CCN(CCCC(C)CN)C1. The monoisotopic (exact) mass is 212 g/mol. The van der Waals surface area contributed by atoms with Gasteiger partial charge in [0.25, 0.3) is 0 Å². The molecule has 0 radical (unpaired) electrons. The van der Waals surface area contributed by atoms with Crippen molar-refractivity contribution in [2.24, 2.45) is 17.6 Å². The summed E-state index contributed by atoms with van der Waals surface area (Å²) in [6.07, 6.45) is 6.83. The van der Waals surface area contributed by atoms with Gasteiger partial charge in [0, 0.05) is 6.54 Å². The first-order valence-corrected chi connectivity index (χ1v) is 6.68. The van der Waals surface area contributed by atoms with E-state index < -0.39 is 0 Å². The third-order valence-electron chi connectivity index (χ3n) is 3.64. The van der Waals surface area contributed by atoms with E-state index in [9.17, 15) is 0 Å². The molecule has 2 atom stereocenters. The van der Waals surface area contributed by atoms with Gasteiger partial charge in [0.15, 0.2) is 0 Å². The van der Waals surface area contributed by atoms with E-state index in [1.54, 1.807) is 0 Å². The number of nitrogens with zero attached hydrogens (tertiary/aromatic N) is 1. The second-order valence-corrected chi connectivity index (χ2v) is 5.23. The molecule has 0 aromatic carbocycles. The van der Waals surface area contributed by atoms with Crippen LogP contribution in [0.4, 0.5) is 0 Å². The zero-order valence-corrected chi connectivity index (χ0v) is 10.5. The lowest BCUT2D eigenvalue weighted by Crippen LogP contribution is -2.23. The topological polar surface area (TPSA) is 29.3 Å². The fourth-order valence-electron chi connectivity index (χ4n) is 2.54. The molecule has 90 valence electrons. The largest absolute Gasteiger partial charge is 0.330 e. The second kappa shape index (κ2) is 7.24. The van der Waals surface area contributed by atoms with E-state index in [0.29, 0.717) is 5.92 Å². The third-order valence-corrected chi connectivity index (χ3v) is 3.64. The van der Waals surface area contributed by atoms with E-state index >= 15 is 0 Å². The second-order valence-electron chi connectivity index (χ2n) is 5.23. The highest BCUT2D eigenvalue weighted by Gasteiger charge is 2.20. The summed E-state index contributed by atoms with van der Waals surface area (Å²) in [6, 6.07) is 0. The molecule has 2 nitrogen and oxygen atoms in total. The van der Waals surface area contributed by atoms with Crippen molar-refractivity contribution in [3.8, 4) is 0 Å². The van der Waals surface area contributed by atoms with Crippen LogP contribution in [-0.2, 0) is 0 Å². The van der Waals surface area contributed by atoms with Gasteiger partial charge in [-0.2, -0.15) is 0 Å². The van der Waals surface area contributed by atoms with E-state index in [1.165, 1.54) is 51.7 Å². The van der Waals surface area contributed by atoms with Gasteiger partial charge in [-0.05, 0) is 57.2 Å². The molecule has 1 rings (SSSR count). The van der Waals surface area contributed by atoms with Crippen LogP contribution in [0, 0.1) is 11.8 Å². The van der Waals surface area contributed by atoms with Gasteiger partial charge in [-0.15, -0.1) is 0 Å². The maximum absolute atomic E-state index is 5.61. The fourth-order valence-corrected chi connectivity index (χ4v) is 2.54. The molecule has 0 aromatic rings. The Bertz CT molecular complexity index is 159. The van der Waals surface area contributed by atoms with Crippen molar-refractivity contribution in [2.75, 3.05) is 26.2 Å². The summed E-state index contributed by atoms with van der Waals surface area (Å²) in [7, 11) is 0. The third kappa shape index (κ3) is 4.98. The molecule has 2 N–H and O–H groups in total. The highest BCUT2D eigenvalue weighted by Crippen LogP contribution is 2.21. The number of nitrogens with two attached hydrogens (primary N) is 1. The van der Waals surface area contributed by atoms with E-state index in [4.69, 9.17) is 5.73 Å². The zero-order valence-electron chi connectivity index (χ0n) is 10.5. The molecule has 0 aromatic heterocycles. The van der Waals surface area contributed by atoms with Gasteiger partial charge in [-0.25, -0.2) is 0 Å². The van der Waals surface area contributed by atoms with Crippen molar-refractivity contribution >= 4 is 0 Å². The van der Waals surface area contributed by atoms with Crippen LogP contribution in [-0.4, -0.2) is 31.1 Å². The summed E-state index contributed by atoms with van der Waals surface area (Å²) in [5.74, 6) is 1.70. The van der Waals surface area contributed by atoms with Crippen LogP contribution in [0.15, 0.2) is 0 Å². The lowest BCUT2D eigenvalue weighted by Gasteiger charge is -2.16. The summed E-state index contributed by atoms with van der Waals surface area (Å²) in [6.45, 7) is 9.38. The van der Waals surface area contributed by atoms with Crippen LogP contribution in [0.1, 0.15) is 46.0 Å². The summed E-state index contributed by atoms with van der Waals surface area (Å²) in [4.78, 5) is 2.64. The smallest absolute Gasteiger partial charge is 0.00101 e. The summed E-state index contributed by atoms with van der Waals surface area (Å²) < 4.78 is 0. The molecule has 1 aliphatic rings. The molecule has 1 fully saturated rings. The quantitative estimate of drug-likeness (QED) is 0.702. The average Bonchev–Trinajstić information content (AvgIpc) is 2.66. The Balaban J connectivity index is 2.03. The standard InChI is InChI=1S/C13H28N2/c1-3-5-13-7-9-15(11-13)8-4-6-12(2)10-14/h12-13H,3-11,14H2,1-2H3. The highest BCUT2D eigenvalue weighted by molar-refractivity contribution is 4.75. The van der Waals surface area contributed by atoms with Crippen molar-refractivity contribution in [1.29, 1.82) is 0 Å². The maximum Gasteiger partial charge on any atom is 0.00101 e. The maximum atomic E-state index is 5.61. The first kappa shape index (κ1) is 13.0. The van der Waals surface area contributed by atoms with Crippen LogP contribution in [0.2, 0.25) is 0 Å². The minimum Gasteiger partial charge on any atom is -0.330 e. The van der Waals surface area contributed by atoms with Crippen molar-refractivity contribution in [2.45, 2.75) is 46.0 Å². The molecule has 1 heterocycles. The lowest BCUT2D eigenvalue weighted by atomic mass is 10.0. The van der Waals surface area contributed by atoms with Gasteiger partial charge in [-0.1, -0.05) is 20.3 Å². The molecule has 2 unspecified atom stereocenters. The van der Waals surface area contributed by atoms with Gasteiger partial charge in [-0.3, -0.25) is 0 Å². The molecule has 15 heavy (non-hydrogen) atoms. The molecule has 0 spiro atoms. The average molecular weight is 212 g/mol. The molecule has 0 aliphatic carbocycles. The summed E-state index contributed by atoms with van der Waals surface area (Å²) >= 11 is 0. The molecule has 1 saturated heterocycles. The number of hydrogen-bond acceptors (Lipinski definition) is 2. The van der Waals surface area contributed by atoms with Gasteiger partial charge in [0.2, 0.25) is 0 Å². The predicted molar refractivity (Wildman–Crippen MR) is 66.9 cm³/mol. The Labute approximate surface area is 95.2 Å². The van der Waals surface area contributed by atoms with E-state index in [1.807, 2.05) is 0 Å². The zero-order chi connectivity index (χ0) is 11.1. The number of likely N-dealkylation sites (tertiary alicyclic amines) is 1. The van der Waals surface area contributed by atoms with Gasteiger partial charge in [0.1, 0.15) is 0 Å². The number of rotatable bonds is 7. The van der Waals surface area contributed by atoms with E-state index in [2.05, 4.69) is 18.7 Å². The molecule has 0 bridgehead atoms. The molecule has 2 heteroatoms. The van der Waals surface area contributed by atoms with Gasteiger partial charge in [0.05, 0.1) is 0 Å². The predicted octanol–water partition coefficient (Wildman–Crippen LogP) is 2.48. The molecule has 0 amide bonds. The van der Waals surface area contributed by atoms with Crippen molar-refractivity contribution < 1.29 is 0 Å². The summed E-state index contributed by atoms with van der Waals surface area (Å²) in [5.41, 5.74) is 5.61. The Morgan fingerprint density at radius 2 is 2.27 bits per heavy atom. The first-order valence-electron chi connectivity index (χ1n) is 6.68. The minimum absolute atomic E-state index is 0.707. The molecular weight excluding hydrogens is 184 g/mol. The van der Waals surface area contributed by atoms with Crippen LogP contribution >= 0.6 is 0 Å². The van der Waals surface area contributed by atoms with Crippen LogP contribution in [0.5, 0.6) is 0 Å². The Hall–Kier alpha value is -0.0800. The van der Waals surface area contributed by atoms with Crippen LogP contribution in [0.3, 0.4) is 0 Å². The molecule has 1 aliphatic heterocycles. The van der Waals surface area contributed by atoms with Crippen LogP contribution in [0.25, 0.3) is 0 Å².